The molecule has 1 aromatic rings. The predicted octanol–water partition coefficient (Wildman–Crippen LogP) is 4.39. The van der Waals surface area contributed by atoms with Crippen molar-refractivity contribution in [3.05, 3.63) is 35.4 Å². The van der Waals surface area contributed by atoms with E-state index in [0.717, 1.165) is 51.5 Å². The first kappa shape index (κ1) is 27.3. The first-order valence-electron chi connectivity index (χ1n) is 12.1. The molecule has 0 atom stereocenters. The maximum atomic E-state index is 9.55. The fourth-order valence-corrected chi connectivity index (χ4v) is 4.64. The molecule has 6 nitrogen and oxygen atoms in total. The molecule has 1 aliphatic carbocycles. The molecule has 182 valence electrons. The quantitative estimate of drug-likeness (QED) is 0.225. The number of guanidine groups is 1. The predicted molar refractivity (Wildman–Crippen MR) is 141 cm³/mol. The van der Waals surface area contributed by atoms with Crippen LogP contribution in [0.2, 0.25) is 0 Å². The summed E-state index contributed by atoms with van der Waals surface area (Å²) in [5.74, 6) is 0.859. The lowest BCUT2D eigenvalue weighted by Crippen LogP contribution is -2.44. The Labute approximate surface area is 211 Å². The average molecular weight is 560 g/mol. The van der Waals surface area contributed by atoms with Gasteiger partial charge in [-0.15, -0.1) is 24.0 Å². The maximum absolute atomic E-state index is 9.55. The molecule has 0 aromatic heterocycles. The van der Waals surface area contributed by atoms with Crippen molar-refractivity contribution in [3.8, 4) is 0 Å². The molecule has 0 amide bonds. The van der Waals surface area contributed by atoms with E-state index in [-0.39, 0.29) is 36.0 Å². The molecule has 1 heterocycles. The number of ether oxygens (including phenoxy) is 2. The minimum Gasteiger partial charge on any atom is -0.396 e. The second-order valence-corrected chi connectivity index (χ2v) is 9.02. The highest BCUT2D eigenvalue weighted by molar-refractivity contribution is 14.0. The van der Waals surface area contributed by atoms with Crippen LogP contribution in [0.3, 0.4) is 0 Å². The monoisotopic (exact) mass is 559 g/mol. The van der Waals surface area contributed by atoms with E-state index in [1.807, 2.05) is 0 Å². The zero-order valence-corrected chi connectivity index (χ0v) is 21.9. The Morgan fingerprint density at radius 1 is 1.09 bits per heavy atom. The van der Waals surface area contributed by atoms with E-state index in [2.05, 4.69) is 41.8 Å². The number of benzene rings is 1. The highest BCUT2D eigenvalue weighted by Gasteiger charge is 2.31. The molecule has 1 aliphatic heterocycles. The fourth-order valence-electron chi connectivity index (χ4n) is 4.64. The molecular formula is C25H42IN3O3. The molecule has 1 saturated carbocycles. The second-order valence-electron chi connectivity index (χ2n) is 9.02. The van der Waals surface area contributed by atoms with E-state index < -0.39 is 0 Å². The standard InChI is InChI=1S/C25H41N3O3.HI/c1-2-26-24(28-20-25(14-15-29)12-4-3-5-13-25)27-18-21-6-8-22(9-7-21)19-31-23-10-16-30-17-11-23;/h6-9,23,29H,2-5,10-20H2,1H3,(H2,26,27,28);1H. The second kappa shape index (κ2) is 15.1. The molecule has 0 bridgehead atoms. The number of hydrogen-bond acceptors (Lipinski definition) is 4. The molecule has 0 radical (unpaired) electrons. The highest BCUT2D eigenvalue weighted by Crippen LogP contribution is 2.38. The molecule has 32 heavy (non-hydrogen) atoms. The van der Waals surface area contributed by atoms with Crippen molar-refractivity contribution in [2.75, 3.05) is 32.9 Å². The van der Waals surface area contributed by atoms with Gasteiger partial charge in [-0.05, 0) is 55.6 Å². The van der Waals surface area contributed by atoms with Gasteiger partial charge in [-0.3, -0.25) is 0 Å². The molecule has 3 rings (SSSR count). The van der Waals surface area contributed by atoms with Gasteiger partial charge < -0.3 is 25.2 Å². The minimum absolute atomic E-state index is 0. The van der Waals surface area contributed by atoms with Gasteiger partial charge in [-0.1, -0.05) is 43.5 Å². The summed E-state index contributed by atoms with van der Waals surface area (Å²) in [5.41, 5.74) is 2.59. The van der Waals surface area contributed by atoms with Crippen molar-refractivity contribution in [1.29, 1.82) is 0 Å². The van der Waals surface area contributed by atoms with Crippen molar-refractivity contribution in [2.45, 2.75) is 77.5 Å². The van der Waals surface area contributed by atoms with Crippen LogP contribution in [-0.4, -0.2) is 50.1 Å². The SMILES string of the molecule is CCNC(=NCc1ccc(COC2CCOCC2)cc1)NCC1(CCO)CCCCC1.I. The summed E-state index contributed by atoms with van der Waals surface area (Å²) >= 11 is 0. The lowest BCUT2D eigenvalue weighted by molar-refractivity contribution is -0.0390. The van der Waals surface area contributed by atoms with Crippen LogP contribution in [0.25, 0.3) is 0 Å². The van der Waals surface area contributed by atoms with Gasteiger partial charge in [-0.25, -0.2) is 4.99 Å². The van der Waals surface area contributed by atoms with Crippen molar-refractivity contribution >= 4 is 29.9 Å². The number of aliphatic hydroxyl groups excluding tert-OH is 1. The maximum Gasteiger partial charge on any atom is 0.191 e. The first-order valence-corrected chi connectivity index (χ1v) is 12.1. The van der Waals surface area contributed by atoms with Crippen LogP contribution in [0.4, 0.5) is 0 Å². The molecule has 7 heteroatoms. The number of aliphatic hydroxyl groups is 1. The number of hydrogen-bond donors (Lipinski definition) is 3. The summed E-state index contributed by atoms with van der Waals surface area (Å²) in [5, 5.41) is 16.5. The lowest BCUT2D eigenvalue weighted by atomic mass is 9.72. The molecule has 2 aliphatic rings. The Balaban J connectivity index is 0.00000363. The number of halogens is 1. The van der Waals surface area contributed by atoms with E-state index in [1.165, 1.54) is 43.2 Å². The number of nitrogens with zero attached hydrogens (tertiary/aromatic N) is 1. The van der Waals surface area contributed by atoms with Gasteiger partial charge in [0.15, 0.2) is 5.96 Å². The molecule has 3 N–H and O–H groups in total. The largest absolute Gasteiger partial charge is 0.396 e. The molecular weight excluding hydrogens is 517 g/mol. The van der Waals surface area contributed by atoms with E-state index in [4.69, 9.17) is 14.5 Å². The topological polar surface area (TPSA) is 75.1 Å². The zero-order chi connectivity index (χ0) is 21.8. The molecule has 0 spiro atoms. The summed E-state index contributed by atoms with van der Waals surface area (Å²) in [6.07, 6.45) is 9.41. The summed E-state index contributed by atoms with van der Waals surface area (Å²) in [6.45, 7) is 6.99. The number of rotatable bonds is 10. The van der Waals surface area contributed by atoms with Crippen molar-refractivity contribution in [1.82, 2.24) is 10.6 Å². The van der Waals surface area contributed by atoms with Crippen molar-refractivity contribution in [3.63, 3.8) is 0 Å². The van der Waals surface area contributed by atoms with Crippen LogP contribution >= 0.6 is 24.0 Å². The third kappa shape index (κ3) is 9.15. The van der Waals surface area contributed by atoms with Crippen molar-refractivity contribution in [2.24, 2.45) is 10.4 Å². The molecule has 1 saturated heterocycles. The van der Waals surface area contributed by atoms with Gasteiger partial charge in [0.2, 0.25) is 0 Å². The van der Waals surface area contributed by atoms with Gasteiger partial charge >= 0.3 is 0 Å². The summed E-state index contributed by atoms with van der Waals surface area (Å²) < 4.78 is 11.4. The Bertz CT molecular complexity index is 651. The van der Waals surface area contributed by atoms with Crippen LogP contribution < -0.4 is 10.6 Å². The smallest absolute Gasteiger partial charge is 0.191 e. The fraction of sp³-hybridized carbons (Fsp3) is 0.720. The highest BCUT2D eigenvalue weighted by atomic mass is 127. The number of aliphatic imine (C=N–C) groups is 1. The van der Waals surface area contributed by atoms with Crippen LogP contribution in [0.1, 0.15) is 69.4 Å². The van der Waals surface area contributed by atoms with Crippen LogP contribution in [-0.2, 0) is 22.6 Å². The number of nitrogens with one attached hydrogen (secondary N) is 2. The van der Waals surface area contributed by atoms with E-state index in [1.54, 1.807) is 0 Å². The van der Waals surface area contributed by atoms with Crippen molar-refractivity contribution < 1.29 is 14.6 Å². The normalized spacial score (nSPS) is 19.2. The van der Waals surface area contributed by atoms with Gasteiger partial charge in [0.05, 0.1) is 19.3 Å². The van der Waals surface area contributed by atoms with Gasteiger partial charge in [0.1, 0.15) is 0 Å². The van der Waals surface area contributed by atoms with Crippen LogP contribution in [0.5, 0.6) is 0 Å². The molecule has 2 fully saturated rings. The Hall–Kier alpha value is -0.900. The minimum atomic E-state index is 0. The third-order valence-electron chi connectivity index (χ3n) is 6.63. The summed E-state index contributed by atoms with van der Waals surface area (Å²) in [4.78, 5) is 4.80. The van der Waals surface area contributed by atoms with Crippen LogP contribution in [0, 0.1) is 5.41 Å². The molecule has 0 unspecified atom stereocenters. The Morgan fingerprint density at radius 2 is 1.78 bits per heavy atom. The zero-order valence-electron chi connectivity index (χ0n) is 19.6. The summed E-state index contributed by atoms with van der Waals surface area (Å²) in [7, 11) is 0. The Kier molecular flexibility index (Phi) is 12.9. The van der Waals surface area contributed by atoms with Crippen LogP contribution in [0.15, 0.2) is 29.3 Å². The van der Waals surface area contributed by atoms with Gasteiger partial charge in [-0.2, -0.15) is 0 Å². The molecule has 1 aromatic carbocycles. The third-order valence-corrected chi connectivity index (χ3v) is 6.63. The lowest BCUT2D eigenvalue weighted by Gasteiger charge is -2.37. The van der Waals surface area contributed by atoms with Gasteiger partial charge in [0, 0.05) is 32.9 Å². The average Bonchev–Trinajstić information content (AvgIpc) is 2.82. The van der Waals surface area contributed by atoms with E-state index in [9.17, 15) is 5.11 Å². The summed E-state index contributed by atoms with van der Waals surface area (Å²) in [6, 6.07) is 8.57. The van der Waals surface area contributed by atoms with E-state index >= 15 is 0 Å². The van der Waals surface area contributed by atoms with E-state index in [0.29, 0.717) is 19.3 Å². The van der Waals surface area contributed by atoms with Gasteiger partial charge in [0.25, 0.3) is 0 Å². The first-order chi connectivity index (χ1) is 15.2. The Morgan fingerprint density at radius 3 is 2.44 bits per heavy atom.